The number of halogens is 3. The quantitative estimate of drug-likeness (QED) is 0.517. The first kappa shape index (κ1) is 18.7. The Balaban J connectivity index is 2.36. The summed E-state index contributed by atoms with van der Waals surface area (Å²) >= 11 is 5.91. The normalized spacial score (nSPS) is 11.0. The summed E-state index contributed by atoms with van der Waals surface area (Å²) in [5, 5.41) is 0.376. The Hall–Kier alpha value is -2.60. The van der Waals surface area contributed by atoms with Gasteiger partial charge < -0.3 is 14.2 Å². The molecule has 0 aromatic heterocycles. The van der Waals surface area contributed by atoms with Crippen LogP contribution in [0.25, 0.3) is 6.08 Å². The summed E-state index contributed by atoms with van der Waals surface area (Å²) in [6, 6.07) is 9.24. The van der Waals surface area contributed by atoms with Crippen LogP contribution in [0.15, 0.2) is 42.5 Å². The molecule has 0 radical (unpaired) electrons. The summed E-state index contributed by atoms with van der Waals surface area (Å²) in [6.07, 6.45) is 2.59. The summed E-state index contributed by atoms with van der Waals surface area (Å²) in [4.78, 5) is 12.4. The number of carbonyl (C=O) groups excluding carboxylic acids is 1. The number of rotatable bonds is 7. The van der Waals surface area contributed by atoms with E-state index in [4.69, 9.17) is 21.1 Å². The molecule has 0 heterocycles. The van der Waals surface area contributed by atoms with Gasteiger partial charge in [0, 0.05) is 10.6 Å². The van der Waals surface area contributed by atoms with Crippen LogP contribution in [0.3, 0.4) is 0 Å². The second-order valence-electron chi connectivity index (χ2n) is 4.80. The van der Waals surface area contributed by atoms with Crippen LogP contribution in [0.1, 0.15) is 15.9 Å². The van der Waals surface area contributed by atoms with Gasteiger partial charge in [0.1, 0.15) is 5.75 Å². The van der Waals surface area contributed by atoms with E-state index in [9.17, 15) is 13.6 Å². The molecule has 0 fully saturated rings. The Morgan fingerprint density at radius 3 is 2.48 bits per heavy atom. The predicted molar refractivity (Wildman–Crippen MR) is 91.0 cm³/mol. The number of para-hydroxylation sites is 1. The van der Waals surface area contributed by atoms with Gasteiger partial charge in [0.2, 0.25) is 0 Å². The molecule has 0 saturated carbocycles. The minimum atomic E-state index is -3.02. The summed E-state index contributed by atoms with van der Waals surface area (Å²) in [5.41, 5.74) is 0.527. The Kier molecular flexibility index (Phi) is 6.36. The molecule has 7 heteroatoms. The van der Waals surface area contributed by atoms with Gasteiger partial charge in [0.25, 0.3) is 0 Å². The molecule has 0 atom stereocenters. The zero-order valence-electron chi connectivity index (χ0n) is 13.5. The fourth-order valence-electron chi connectivity index (χ4n) is 2.17. The second-order valence-corrected chi connectivity index (χ2v) is 5.24. The highest BCUT2D eigenvalue weighted by molar-refractivity contribution is 6.31. The zero-order valence-corrected chi connectivity index (χ0v) is 14.2. The van der Waals surface area contributed by atoms with Crippen molar-refractivity contribution < 1.29 is 27.8 Å². The molecule has 25 heavy (non-hydrogen) atoms. The van der Waals surface area contributed by atoms with Crippen molar-refractivity contribution in [3.63, 3.8) is 0 Å². The molecule has 2 aromatic rings. The number of carbonyl (C=O) groups is 1. The van der Waals surface area contributed by atoms with Crippen molar-refractivity contribution in [3.05, 3.63) is 58.6 Å². The predicted octanol–water partition coefficient (Wildman–Crippen LogP) is 4.85. The van der Waals surface area contributed by atoms with Gasteiger partial charge in [0.15, 0.2) is 17.3 Å². The molecule has 0 aliphatic rings. The largest absolute Gasteiger partial charge is 0.496 e. The van der Waals surface area contributed by atoms with Crippen LogP contribution in [0.2, 0.25) is 5.02 Å². The van der Waals surface area contributed by atoms with Gasteiger partial charge in [-0.25, -0.2) is 0 Å². The van der Waals surface area contributed by atoms with Gasteiger partial charge >= 0.3 is 6.61 Å². The highest BCUT2D eigenvalue weighted by Gasteiger charge is 2.15. The first-order valence-corrected chi connectivity index (χ1v) is 7.51. The fraction of sp³-hybridized carbons (Fsp3) is 0.167. The Morgan fingerprint density at radius 1 is 1.12 bits per heavy atom. The molecular formula is C18H15ClF2O4. The van der Waals surface area contributed by atoms with Gasteiger partial charge in [-0.1, -0.05) is 23.7 Å². The van der Waals surface area contributed by atoms with Crippen LogP contribution in [-0.2, 0) is 0 Å². The summed E-state index contributed by atoms with van der Waals surface area (Å²) in [5.74, 6) is -0.0590. The third-order valence-corrected chi connectivity index (χ3v) is 3.51. The van der Waals surface area contributed by atoms with Gasteiger partial charge in [0.05, 0.1) is 19.8 Å². The van der Waals surface area contributed by atoms with Crippen molar-refractivity contribution in [1.82, 2.24) is 0 Å². The lowest BCUT2D eigenvalue weighted by atomic mass is 10.1. The number of hydrogen-bond donors (Lipinski definition) is 0. The molecular weight excluding hydrogens is 354 g/mol. The van der Waals surface area contributed by atoms with E-state index >= 15 is 0 Å². The topological polar surface area (TPSA) is 44.8 Å². The molecule has 0 amide bonds. The van der Waals surface area contributed by atoms with Crippen LogP contribution in [0, 0.1) is 0 Å². The van der Waals surface area contributed by atoms with Gasteiger partial charge in [-0.15, -0.1) is 0 Å². The number of benzene rings is 2. The van der Waals surface area contributed by atoms with Gasteiger partial charge in [-0.05, 0) is 36.4 Å². The highest BCUT2D eigenvalue weighted by atomic mass is 35.5. The molecule has 0 aliphatic carbocycles. The molecule has 0 N–H and O–H groups in total. The van der Waals surface area contributed by atoms with Crippen LogP contribution in [-0.4, -0.2) is 26.6 Å². The smallest absolute Gasteiger partial charge is 0.387 e. The van der Waals surface area contributed by atoms with Crippen LogP contribution < -0.4 is 14.2 Å². The number of methoxy groups -OCH3 is 2. The molecule has 4 nitrogen and oxygen atoms in total. The van der Waals surface area contributed by atoms with Gasteiger partial charge in [-0.2, -0.15) is 8.78 Å². The average Bonchev–Trinajstić information content (AvgIpc) is 2.59. The van der Waals surface area contributed by atoms with E-state index in [1.807, 2.05) is 0 Å². The van der Waals surface area contributed by atoms with Crippen molar-refractivity contribution in [2.75, 3.05) is 14.2 Å². The summed E-state index contributed by atoms with van der Waals surface area (Å²) in [7, 11) is 2.77. The minimum absolute atomic E-state index is 0.134. The lowest BCUT2D eigenvalue weighted by molar-refractivity contribution is -0.0513. The second kappa shape index (κ2) is 8.48. The third-order valence-electron chi connectivity index (χ3n) is 3.28. The zero-order chi connectivity index (χ0) is 18.4. The fourth-order valence-corrected chi connectivity index (χ4v) is 2.34. The van der Waals surface area contributed by atoms with Crippen molar-refractivity contribution in [2.45, 2.75) is 6.61 Å². The molecule has 0 spiro atoms. The standard InChI is InChI=1S/C18H15ClF2O4/c1-23-15-9-7-12(19)10-13(15)14(22)8-6-11-4-3-5-16(24-2)17(11)25-18(20)21/h3-10,18H,1-2H3/b8-6+. The monoisotopic (exact) mass is 368 g/mol. The number of alkyl halides is 2. The minimum Gasteiger partial charge on any atom is -0.496 e. The van der Waals surface area contributed by atoms with Crippen molar-refractivity contribution in [2.24, 2.45) is 0 Å². The van der Waals surface area contributed by atoms with E-state index in [0.717, 1.165) is 0 Å². The molecule has 0 unspecified atom stereocenters. The molecule has 2 rings (SSSR count). The number of ketones is 1. The van der Waals surface area contributed by atoms with E-state index in [1.54, 1.807) is 18.2 Å². The van der Waals surface area contributed by atoms with E-state index in [-0.39, 0.29) is 22.6 Å². The Bertz CT molecular complexity index is 791. The highest BCUT2D eigenvalue weighted by Crippen LogP contribution is 2.33. The lowest BCUT2D eigenvalue weighted by Crippen LogP contribution is -2.05. The SMILES string of the molecule is COc1ccc(Cl)cc1C(=O)/C=C/c1cccc(OC)c1OC(F)F. The van der Waals surface area contributed by atoms with Crippen molar-refractivity contribution >= 4 is 23.5 Å². The maximum atomic E-state index is 12.6. The summed E-state index contributed by atoms with van der Waals surface area (Å²) in [6.45, 7) is -3.02. The van der Waals surface area contributed by atoms with E-state index < -0.39 is 12.4 Å². The molecule has 132 valence electrons. The molecule has 0 saturated heterocycles. The molecule has 2 aromatic carbocycles. The van der Waals surface area contributed by atoms with Crippen molar-refractivity contribution in [1.29, 1.82) is 0 Å². The number of ether oxygens (including phenoxy) is 3. The van der Waals surface area contributed by atoms with E-state index in [0.29, 0.717) is 10.8 Å². The first-order chi connectivity index (χ1) is 12.0. The number of allylic oxidation sites excluding steroid dienone is 1. The van der Waals surface area contributed by atoms with E-state index in [2.05, 4.69) is 4.74 Å². The van der Waals surface area contributed by atoms with E-state index in [1.165, 1.54) is 44.6 Å². The van der Waals surface area contributed by atoms with Crippen LogP contribution >= 0.6 is 11.6 Å². The third kappa shape index (κ3) is 4.70. The van der Waals surface area contributed by atoms with Crippen LogP contribution in [0.4, 0.5) is 8.78 Å². The maximum Gasteiger partial charge on any atom is 0.387 e. The molecule has 0 bridgehead atoms. The number of hydrogen-bond acceptors (Lipinski definition) is 4. The average molecular weight is 369 g/mol. The summed E-state index contributed by atoms with van der Waals surface area (Å²) < 4.78 is 39.9. The van der Waals surface area contributed by atoms with Crippen molar-refractivity contribution in [3.8, 4) is 17.2 Å². The lowest BCUT2D eigenvalue weighted by Gasteiger charge is -2.12. The van der Waals surface area contributed by atoms with Gasteiger partial charge in [-0.3, -0.25) is 4.79 Å². The Morgan fingerprint density at radius 2 is 1.84 bits per heavy atom. The first-order valence-electron chi connectivity index (χ1n) is 7.14. The van der Waals surface area contributed by atoms with Crippen LogP contribution in [0.5, 0.6) is 17.2 Å². The molecule has 0 aliphatic heterocycles. The maximum absolute atomic E-state index is 12.6. The Labute approximate surface area is 148 Å².